The lowest BCUT2D eigenvalue weighted by atomic mass is 10.1. The molecule has 2 aromatic carbocycles. The molecule has 2 heterocycles. The van der Waals surface area contributed by atoms with Gasteiger partial charge >= 0.3 is 0 Å². The zero-order chi connectivity index (χ0) is 24.6. The van der Waals surface area contributed by atoms with E-state index >= 15 is 0 Å². The second-order valence-electron chi connectivity index (χ2n) is 8.01. The van der Waals surface area contributed by atoms with Crippen molar-refractivity contribution in [3.63, 3.8) is 0 Å². The fraction of sp³-hybridized carbons (Fsp3) is 0.208. The van der Waals surface area contributed by atoms with E-state index in [-0.39, 0.29) is 28.8 Å². The minimum absolute atomic E-state index is 0.00709. The van der Waals surface area contributed by atoms with E-state index < -0.39 is 18.1 Å². The summed E-state index contributed by atoms with van der Waals surface area (Å²) < 4.78 is 3.65. The van der Waals surface area contributed by atoms with Gasteiger partial charge < -0.3 is 15.9 Å². The third-order valence-corrected chi connectivity index (χ3v) is 5.87. The fourth-order valence-corrected chi connectivity index (χ4v) is 3.75. The molecule has 0 aliphatic carbocycles. The van der Waals surface area contributed by atoms with Crippen LogP contribution in [0.3, 0.4) is 0 Å². The molecule has 0 saturated heterocycles. The maximum absolute atomic E-state index is 13.2. The Balaban J connectivity index is 1.80. The zero-order valence-electron chi connectivity index (χ0n) is 18.5. The van der Waals surface area contributed by atoms with E-state index in [1.165, 1.54) is 30.5 Å². The Morgan fingerprint density at radius 3 is 2.47 bits per heavy atom. The highest BCUT2D eigenvalue weighted by molar-refractivity contribution is 6.55. The van der Waals surface area contributed by atoms with Gasteiger partial charge in [0.15, 0.2) is 23.0 Å². The number of primary amides is 1. The van der Waals surface area contributed by atoms with Gasteiger partial charge in [-0.15, -0.1) is 0 Å². The molecule has 172 valence electrons. The van der Waals surface area contributed by atoms with Gasteiger partial charge in [0.25, 0.3) is 11.8 Å². The molecule has 10 nitrogen and oxygen atoms in total. The Hall–Kier alpha value is -4.33. The lowest BCUT2D eigenvalue weighted by Gasteiger charge is -2.12. The largest absolute Gasteiger partial charge is 0.364 e. The lowest BCUT2D eigenvalue weighted by Crippen LogP contribution is -2.39. The number of anilines is 1. The molecular weight excluding hydrogens is 436 g/mol. The van der Waals surface area contributed by atoms with Gasteiger partial charge in [-0.25, -0.2) is 9.13 Å². The van der Waals surface area contributed by atoms with Crippen molar-refractivity contribution in [3.05, 3.63) is 66.0 Å². The number of para-hydroxylation sites is 2. The second kappa shape index (κ2) is 8.90. The minimum Gasteiger partial charge on any atom is -0.364 e. The van der Waals surface area contributed by atoms with Gasteiger partial charge in [0.1, 0.15) is 17.8 Å². The normalized spacial score (nSPS) is 16.7. The molecule has 0 fully saturated rings. The number of fused-ring (bicyclic) bond motifs is 1. The van der Waals surface area contributed by atoms with Gasteiger partial charge in [-0.05, 0) is 38.1 Å². The van der Waals surface area contributed by atoms with Gasteiger partial charge in [-0.1, -0.05) is 24.3 Å². The Labute approximate surface area is 195 Å². The fourth-order valence-electron chi connectivity index (χ4n) is 3.75. The molecule has 2 amide bonds. The number of carbonyl (C=O) groups excluding carboxylic acids is 2. The first-order chi connectivity index (χ1) is 16.2. The maximum Gasteiger partial charge on any atom is 0.284 e. The molecule has 2 atom stereocenters. The number of amides is 2. The zero-order valence-corrected chi connectivity index (χ0v) is 18.5. The summed E-state index contributed by atoms with van der Waals surface area (Å²) in [6, 6.07) is 15.5. The lowest BCUT2D eigenvalue weighted by molar-refractivity contribution is -0.700. The van der Waals surface area contributed by atoms with E-state index in [0.717, 1.165) is 16.0 Å². The van der Waals surface area contributed by atoms with E-state index in [4.69, 9.17) is 5.73 Å². The van der Waals surface area contributed by atoms with Crippen molar-refractivity contribution in [2.45, 2.75) is 26.2 Å². The molecule has 0 radical (unpaired) electrons. The van der Waals surface area contributed by atoms with Crippen LogP contribution in [-0.2, 0) is 9.59 Å². The molecule has 1 aromatic heterocycles. The summed E-state index contributed by atoms with van der Waals surface area (Å²) in [4.78, 5) is 25.4. The SMILES string of the molecule is CC(C#N)C(C)[n+]1cn(/C=C2/C(=O)N(c3ccc(C(O)O)cc3)N=C2C(N)=O)c2ccccc21. The molecule has 1 aliphatic rings. The topological polar surface area (TPSA) is 149 Å². The number of hydrogen-bond donors (Lipinski definition) is 3. The van der Waals surface area contributed by atoms with Crippen LogP contribution in [0.1, 0.15) is 31.7 Å². The summed E-state index contributed by atoms with van der Waals surface area (Å²) >= 11 is 0. The predicted molar refractivity (Wildman–Crippen MR) is 124 cm³/mol. The van der Waals surface area contributed by atoms with E-state index in [9.17, 15) is 25.1 Å². The van der Waals surface area contributed by atoms with Crippen molar-refractivity contribution in [1.82, 2.24) is 4.57 Å². The Bertz CT molecular complexity index is 1380. The Morgan fingerprint density at radius 1 is 1.18 bits per heavy atom. The summed E-state index contributed by atoms with van der Waals surface area (Å²) in [5, 5.41) is 33.1. The van der Waals surface area contributed by atoms with E-state index in [1.807, 2.05) is 42.7 Å². The summed E-state index contributed by atoms with van der Waals surface area (Å²) in [6.45, 7) is 3.77. The number of hydrazone groups is 1. The van der Waals surface area contributed by atoms with E-state index in [1.54, 1.807) is 10.9 Å². The standard InChI is InChI=1S/C24H22N6O4/c1-14(11-25)15(2)29-13-28(19-5-3-4-6-20(19)29)12-18-21(22(26)31)27-30(23(18)32)17-9-7-16(8-10-17)24(33)34/h3-10,12-15,24,33-34H,1-2H3,(H-,26,31)/p+1/b18-12+. The number of hydrogen-bond acceptors (Lipinski definition) is 6. The quantitative estimate of drug-likeness (QED) is 0.289. The van der Waals surface area contributed by atoms with Crippen molar-refractivity contribution in [2.75, 3.05) is 5.01 Å². The maximum atomic E-state index is 13.2. The molecule has 0 bridgehead atoms. The molecule has 1 aliphatic heterocycles. The number of aromatic nitrogens is 2. The number of nitriles is 1. The first kappa shape index (κ1) is 22.8. The van der Waals surface area contributed by atoms with Gasteiger partial charge in [0.2, 0.25) is 6.33 Å². The van der Waals surface area contributed by atoms with Crippen LogP contribution >= 0.6 is 0 Å². The molecule has 34 heavy (non-hydrogen) atoms. The number of nitrogens with two attached hydrogens (primary N) is 1. The third-order valence-electron chi connectivity index (χ3n) is 5.87. The predicted octanol–water partition coefficient (Wildman–Crippen LogP) is 1.36. The van der Waals surface area contributed by atoms with Gasteiger partial charge in [0.05, 0.1) is 17.7 Å². The molecule has 10 heteroatoms. The number of aliphatic hydroxyl groups is 2. The van der Waals surface area contributed by atoms with Crippen LogP contribution in [0.2, 0.25) is 0 Å². The summed E-state index contributed by atoms with van der Waals surface area (Å²) in [7, 11) is 0. The first-order valence-corrected chi connectivity index (χ1v) is 10.5. The minimum atomic E-state index is -1.65. The van der Waals surface area contributed by atoms with Crippen molar-refractivity contribution in [1.29, 1.82) is 5.26 Å². The monoisotopic (exact) mass is 459 g/mol. The number of aliphatic hydroxyl groups excluding tert-OH is 1. The van der Waals surface area contributed by atoms with Crippen molar-refractivity contribution < 1.29 is 24.4 Å². The number of imidazole rings is 1. The van der Waals surface area contributed by atoms with Crippen LogP contribution in [0.25, 0.3) is 17.2 Å². The van der Waals surface area contributed by atoms with Crippen LogP contribution in [0, 0.1) is 17.2 Å². The van der Waals surface area contributed by atoms with Crippen LogP contribution in [0.15, 0.2) is 65.5 Å². The highest BCUT2D eigenvalue weighted by Crippen LogP contribution is 2.26. The average Bonchev–Trinajstić information content (AvgIpc) is 3.36. The Kier molecular flexibility index (Phi) is 5.98. The van der Waals surface area contributed by atoms with Crippen molar-refractivity contribution >= 4 is 40.4 Å². The van der Waals surface area contributed by atoms with Crippen LogP contribution < -0.4 is 15.3 Å². The average molecular weight is 459 g/mol. The highest BCUT2D eigenvalue weighted by Gasteiger charge is 2.36. The van der Waals surface area contributed by atoms with Gasteiger partial charge in [-0.3, -0.25) is 9.59 Å². The molecule has 0 saturated carbocycles. The number of benzene rings is 2. The number of carbonyl (C=O) groups is 2. The summed E-state index contributed by atoms with van der Waals surface area (Å²) in [6.07, 6.45) is 1.62. The molecule has 3 aromatic rings. The molecule has 0 spiro atoms. The first-order valence-electron chi connectivity index (χ1n) is 10.5. The highest BCUT2D eigenvalue weighted by atomic mass is 16.5. The van der Waals surface area contributed by atoms with E-state index in [0.29, 0.717) is 5.69 Å². The van der Waals surface area contributed by atoms with Crippen LogP contribution in [-0.4, -0.2) is 32.3 Å². The van der Waals surface area contributed by atoms with Crippen molar-refractivity contribution in [3.8, 4) is 6.07 Å². The van der Waals surface area contributed by atoms with Crippen LogP contribution in [0.4, 0.5) is 5.69 Å². The smallest absolute Gasteiger partial charge is 0.284 e. The number of rotatable bonds is 6. The molecule has 4 rings (SSSR count). The second-order valence-corrected chi connectivity index (χ2v) is 8.01. The molecular formula is C24H23N6O4+. The van der Waals surface area contributed by atoms with Crippen LogP contribution in [0.5, 0.6) is 0 Å². The summed E-state index contributed by atoms with van der Waals surface area (Å²) in [5.74, 6) is -1.68. The van der Waals surface area contributed by atoms with Gasteiger partial charge in [0, 0.05) is 5.56 Å². The van der Waals surface area contributed by atoms with Gasteiger partial charge in [-0.2, -0.15) is 15.4 Å². The number of nitrogens with zero attached hydrogens (tertiary/aromatic N) is 5. The van der Waals surface area contributed by atoms with Crippen molar-refractivity contribution in [2.24, 2.45) is 16.8 Å². The molecule has 4 N–H and O–H groups in total. The Morgan fingerprint density at radius 2 is 1.85 bits per heavy atom. The summed E-state index contributed by atoms with van der Waals surface area (Å²) in [5.41, 5.74) is 7.54. The molecule has 2 unspecified atom stereocenters. The third kappa shape index (κ3) is 3.94. The van der Waals surface area contributed by atoms with E-state index in [2.05, 4.69) is 11.2 Å².